The fourth-order valence-electron chi connectivity index (χ4n) is 4.02. The van der Waals surface area contributed by atoms with Crippen molar-refractivity contribution in [2.24, 2.45) is 0 Å². The monoisotopic (exact) mass is 351 g/mol. The summed E-state index contributed by atoms with van der Waals surface area (Å²) in [5.41, 5.74) is 2.92. The third-order valence-electron chi connectivity index (χ3n) is 5.63. The van der Waals surface area contributed by atoms with Crippen molar-refractivity contribution in [2.75, 3.05) is 40.0 Å². The Kier molecular flexibility index (Phi) is 5.30. The second-order valence-corrected chi connectivity index (χ2v) is 9.36. The van der Waals surface area contributed by atoms with E-state index in [9.17, 15) is 8.42 Å². The van der Waals surface area contributed by atoms with Gasteiger partial charge in [-0.25, -0.2) is 12.7 Å². The SMILES string of the molecule is CN1Cc2ccccc2CC1CN(C)C1CCN(S(C)(=O)=O)CC1. The zero-order valence-electron chi connectivity index (χ0n) is 15.0. The van der Waals surface area contributed by atoms with Crippen LogP contribution in [0.15, 0.2) is 24.3 Å². The van der Waals surface area contributed by atoms with Gasteiger partial charge in [-0.2, -0.15) is 0 Å². The molecule has 0 bridgehead atoms. The van der Waals surface area contributed by atoms with Gasteiger partial charge in [0.2, 0.25) is 10.0 Å². The number of rotatable bonds is 4. The molecule has 1 saturated heterocycles. The Balaban J connectivity index is 1.57. The van der Waals surface area contributed by atoms with Crippen molar-refractivity contribution >= 4 is 10.0 Å². The second kappa shape index (κ2) is 7.12. The molecular formula is C18H29N3O2S. The molecule has 0 saturated carbocycles. The normalized spacial score (nSPS) is 24.2. The molecule has 1 unspecified atom stereocenters. The van der Waals surface area contributed by atoms with Crippen LogP contribution in [-0.2, 0) is 23.0 Å². The van der Waals surface area contributed by atoms with Crippen molar-refractivity contribution in [1.29, 1.82) is 0 Å². The molecule has 134 valence electrons. The number of piperidine rings is 1. The van der Waals surface area contributed by atoms with Crippen LogP contribution in [0.3, 0.4) is 0 Å². The van der Waals surface area contributed by atoms with Gasteiger partial charge < -0.3 is 4.90 Å². The van der Waals surface area contributed by atoms with Gasteiger partial charge in [0.1, 0.15) is 0 Å². The van der Waals surface area contributed by atoms with E-state index < -0.39 is 10.0 Å². The lowest BCUT2D eigenvalue weighted by Gasteiger charge is -2.40. The average molecular weight is 352 g/mol. The highest BCUT2D eigenvalue weighted by molar-refractivity contribution is 7.88. The Labute approximate surface area is 146 Å². The average Bonchev–Trinajstić information content (AvgIpc) is 2.55. The van der Waals surface area contributed by atoms with Crippen LogP contribution in [0.1, 0.15) is 24.0 Å². The molecular weight excluding hydrogens is 322 g/mol. The minimum atomic E-state index is -3.04. The van der Waals surface area contributed by atoms with Crippen LogP contribution >= 0.6 is 0 Å². The fourth-order valence-corrected chi connectivity index (χ4v) is 4.89. The topological polar surface area (TPSA) is 43.9 Å². The van der Waals surface area contributed by atoms with Crippen LogP contribution in [0.25, 0.3) is 0 Å². The van der Waals surface area contributed by atoms with Gasteiger partial charge in [-0.1, -0.05) is 24.3 Å². The summed E-state index contributed by atoms with van der Waals surface area (Å²) in [6.45, 7) is 3.35. The highest BCUT2D eigenvalue weighted by Gasteiger charge is 2.30. The predicted octanol–water partition coefficient (Wildman–Crippen LogP) is 1.40. The summed E-state index contributed by atoms with van der Waals surface area (Å²) in [6, 6.07) is 9.74. The van der Waals surface area contributed by atoms with E-state index in [0.29, 0.717) is 25.2 Å². The summed E-state index contributed by atoms with van der Waals surface area (Å²) >= 11 is 0. The summed E-state index contributed by atoms with van der Waals surface area (Å²) < 4.78 is 24.9. The van der Waals surface area contributed by atoms with Gasteiger partial charge in [-0.3, -0.25) is 4.90 Å². The Morgan fingerprint density at radius 1 is 1.17 bits per heavy atom. The van der Waals surface area contributed by atoms with Crippen LogP contribution < -0.4 is 0 Å². The maximum atomic E-state index is 11.6. The summed E-state index contributed by atoms with van der Waals surface area (Å²) in [5, 5.41) is 0. The van der Waals surface area contributed by atoms with Crippen LogP contribution in [-0.4, -0.2) is 74.6 Å². The molecule has 2 aliphatic rings. The standard InChI is InChI=1S/C18H29N3O2S/c1-19-13-16-7-5-4-6-15(16)12-18(19)14-20(2)17-8-10-21(11-9-17)24(3,22)23/h4-7,17-18H,8-14H2,1-3H3. The zero-order valence-corrected chi connectivity index (χ0v) is 15.8. The number of fused-ring (bicyclic) bond motifs is 1. The van der Waals surface area contributed by atoms with E-state index >= 15 is 0 Å². The molecule has 0 aromatic heterocycles. The molecule has 0 aliphatic carbocycles. The number of nitrogens with zero attached hydrogens (tertiary/aromatic N) is 3. The third kappa shape index (κ3) is 3.99. The highest BCUT2D eigenvalue weighted by atomic mass is 32.2. The summed E-state index contributed by atoms with van der Waals surface area (Å²) in [6.07, 6.45) is 4.26. The maximum absolute atomic E-state index is 11.6. The lowest BCUT2D eigenvalue weighted by atomic mass is 9.93. The van der Waals surface area contributed by atoms with E-state index in [1.54, 1.807) is 4.31 Å². The minimum Gasteiger partial charge on any atom is -0.302 e. The number of benzene rings is 1. The Morgan fingerprint density at radius 2 is 1.79 bits per heavy atom. The van der Waals surface area contributed by atoms with Gasteiger partial charge in [0.25, 0.3) is 0 Å². The molecule has 2 aliphatic heterocycles. The first-order chi connectivity index (χ1) is 11.3. The van der Waals surface area contributed by atoms with Crippen LogP contribution in [0.2, 0.25) is 0 Å². The summed E-state index contributed by atoms with van der Waals surface area (Å²) in [4.78, 5) is 4.89. The van der Waals surface area contributed by atoms with Gasteiger partial charge in [-0.15, -0.1) is 0 Å². The van der Waals surface area contributed by atoms with E-state index in [4.69, 9.17) is 0 Å². The fraction of sp³-hybridized carbons (Fsp3) is 0.667. The minimum absolute atomic E-state index is 0.480. The van der Waals surface area contributed by atoms with Crippen molar-refractivity contribution in [3.05, 3.63) is 35.4 Å². The number of hydrogen-bond donors (Lipinski definition) is 0. The molecule has 0 radical (unpaired) electrons. The van der Waals surface area contributed by atoms with Gasteiger partial charge in [-0.05, 0) is 44.5 Å². The molecule has 0 amide bonds. The van der Waals surface area contributed by atoms with Crippen molar-refractivity contribution in [3.8, 4) is 0 Å². The molecule has 0 N–H and O–H groups in total. The first-order valence-corrected chi connectivity index (χ1v) is 10.6. The first kappa shape index (κ1) is 17.9. The van der Waals surface area contributed by atoms with Gasteiger partial charge in [0, 0.05) is 38.3 Å². The Hall–Kier alpha value is -0.950. The van der Waals surface area contributed by atoms with Crippen molar-refractivity contribution < 1.29 is 8.42 Å². The van der Waals surface area contributed by atoms with E-state index in [-0.39, 0.29) is 0 Å². The third-order valence-corrected chi connectivity index (χ3v) is 6.93. The van der Waals surface area contributed by atoms with E-state index in [1.165, 1.54) is 17.4 Å². The molecule has 5 nitrogen and oxygen atoms in total. The molecule has 3 rings (SSSR count). The lowest BCUT2D eigenvalue weighted by molar-refractivity contribution is 0.111. The summed E-state index contributed by atoms with van der Waals surface area (Å²) in [5.74, 6) is 0. The van der Waals surface area contributed by atoms with Gasteiger partial charge in [0.15, 0.2) is 0 Å². The number of sulfonamides is 1. The smallest absolute Gasteiger partial charge is 0.211 e. The first-order valence-electron chi connectivity index (χ1n) is 8.77. The molecule has 6 heteroatoms. The lowest BCUT2D eigenvalue weighted by Crippen LogP contribution is -2.50. The quantitative estimate of drug-likeness (QED) is 0.822. The largest absolute Gasteiger partial charge is 0.302 e. The van der Waals surface area contributed by atoms with Gasteiger partial charge in [0.05, 0.1) is 6.26 Å². The molecule has 2 heterocycles. The predicted molar refractivity (Wildman–Crippen MR) is 97.5 cm³/mol. The molecule has 0 spiro atoms. The molecule has 1 aromatic rings. The van der Waals surface area contributed by atoms with E-state index in [2.05, 4.69) is 48.2 Å². The van der Waals surface area contributed by atoms with Crippen LogP contribution in [0, 0.1) is 0 Å². The van der Waals surface area contributed by atoms with Crippen LogP contribution in [0.5, 0.6) is 0 Å². The second-order valence-electron chi connectivity index (χ2n) is 7.37. The molecule has 1 fully saturated rings. The maximum Gasteiger partial charge on any atom is 0.211 e. The highest BCUT2D eigenvalue weighted by Crippen LogP contribution is 2.24. The van der Waals surface area contributed by atoms with Crippen LogP contribution in [0.4, 0.5) is 0 Å². The van der Waals surface area contributed by atoms with E-state index in [1.807, 2.05) is 0 Å². The molecule has 24 heavy (non-hydrogen) atoms. The van der Waals surface area contributed by atoms with E-state index in [0.717, 1.165) is 32.4 Å². The van der Waals surface area contributed by atoms with Crippen molar-refractivity contribution in [2.45, 2.75) is 37.9 Å². The van der Waals surface area contributed by atoms with Gasteiger partial charge >= 0.3 is 0 Å². The molecule has 1 aromatic carbocycles. The Bertz CT molecular complexity index is 669. The Morgan fingerprint density at radius 3 is 2.42 bits per heavy atom. The van der Waals surface area contributed by atoms with Crippen molar-refractivity contribution in [3.63, 3.8) is 0 Å². The molecule has 1 atom stereocenters. The number of likely N-dealkylation sites (N-methyl/N-ethyl adjacent to an activating group) is 2. The zero-order chi connectivity index (χ0) is 17.3. The van der Waals surface area contributed by atoms with Crippen molar-refractivity contribution in [1.82, 2.24) is 14.1 Å². The number of hydrogen-bond acceptors (Lipinski definition) is 4. The summed E-state index contributed by atoms with van der Waals surface area (Å²) in [7, 11) is 1.36.